The van der Waals surface area contributed by atoms with Gasteiger partial charge in [-0.25, -0.2) is 4.79 Å². The quantitative estimate of drug-likeness (QED) is 0.775. The molecule has 0 radical (unpaired) electrons. The van der Waals surface area contributed by atoms with E-state index in [1.807, 2.05) is 30.3 Å². The Morgan fingerprint density at radius 1 is 1.10 bits per heavy atom. The van der Waals surface area contributed by atoms with Gasteiger partial charge >= 0.3 is 5.97 Å². The van der Waals surface area contributed by atoms with Gasteiger partial charge in [0.1, 0.15) is 0 Å². The van der Waals surface area contributed by atoms with Gasteiger partial charge in [0, 0.05) is 6.04 Å². The van der Waals surface area contributed by atoms with E-state index in [9.17, 15) is 4.79 Å². The smallest absolute Gasteiger partial charge is 0.335 e. The van der Waals surface area contributed by atoms with Crippen molar-refractivity contribution in [3.05, 3.63) is 59.7 Å². The van der Waals surface area contributed by atoms with Crippen molar-refractivity contribution in [1.82, 2.24) is 0 Å². The highest BCUT2D eigenvalue weighted by Crippen LogP contribution is 2.21. The van der Waals surface area contributed by atoms with Crippen molar-refractivity contribution < 1.29 is 15.0 Å². The molecule has 104 valence electrons. The van der Waals surface area contributed by atoms with Crippen molar-refractivity contribution in [2.75, 3.05) is 6.61 Å². The normalized spacial score (nSPS) is 12.1. The molecule has 4 nitrogen and oxygen atoms in total. The van der Waals surface area contributed by atoms with Crippen LogP contribution in [0.3, 0.4) is 0 Å². The zero-order valence-corrected chi connectivity index (χ0v) is 11.0. The molecule has 0 aromatic heterocycles. The molecular weight excluding hydrogens is 254 g/mol. The second-order valence-electron chi connectivity index (χ2n) is 4.73. The Morgan fingerprint density at radius 3 is 2.40 bits per heavy atom. The minimum Gasteiger partial charge on any atom is -0.478 e. The van der Waals surface area contributed by atoms with Gasteiger partial charge in [0.25, 0.3) is 0 Å². The lowest BCUT2D eigenvalue weighted by Gasteiger charge is -2.09. The average molecular weight is 271 g/mol. The predicted octanol–water partition coefficient (Wildman–Crippen LogP) is 1.91. The standard InChI is InChI=1S/C16H17NO3/c17-15(10-18)8-11-4-6-12(7-5-11)13-2-1-3-14(9-13)16(19)20/h1-7,9,15,18H,8,10,17H2,(H,19,20). The molecular formula is C16H17NO3. The lowest BCUT2D eigenvalue weighted by molar-refractivity contribution is 0.0697. The Morgan fingerprint density at radius 2 is 1.80 bits per heavy atom. The van der Waals surface area contributed by atoms with Crippen LogP contribution in [-0.4, -0.2) is 28.8 Å². The summed E-state index contributed by atoms with van der Waals surface area (Å²) in [4.78, 5) is 11.0. The van der Waals surface area contributed by atoms with Crippen LogP contribution in [0.2, 0.25) is 0 Å². The number of carboxylic acids is 1. The van der Waals surface area contributed by atoms with E-state index >= 15 is 0 Å². The van der Waals surface area contributed by atoms with Crippen molar-refractivity contribution in [3.8, 4) is 11.1 Å². The Bertz CT molecular complexity index is 593. The fraction of sp³-hybridized carbons (Fsp3) is 0.188. The maximum absolute atomic E-state index is 11.0. The zero-order chi connectivity index (χ0) is 14.5. The van der Waals surface area contributed by atoms with E-state index in [-0.39, 0.29) is 18.2 Å². The van der Waals surface area contributed by atoms with Crippen molar-refractivity contribution >= 4 is 5.97 Å². The lowest BCUT2D eigenvalue weighted by Crippen LogP contribution is -2.26. The molecule has 1 atom stereocenters. The Labute approximate surface area is 117 Å². The molecule has 4 N–H and O–H groups in total. The molecule has 2 rings (SSSR count). The third-order valence-corrected chi connectivity index (χ3v) is 3.13. The minimum absolute atomic E-state index is 0.0393. The second kappa shape index (κ2) is 6.32. The van der Waals surface area contributed by atoms with E-state index < -0.39 is 5.97 Å². The molecule has 0 fully saturated rings. The van der Waals surface area contributed by atoms with Gasteiger partial charge < -0.3 is 15.9 Å². The Kier molecular flexibility index (Phi) is 4.50. The molecule has 0 spiro atoms. The van der Waals surface area contributed by atoms with E-state index in [1.165, 1.54) is 0 Å². The molecule has 0 heterocycles. The van der Waals surface area contributed by atoms with Crippen LogP contribution >= 0.6 is 0 Å². The number of rotatable bonds is 5. The van der Waals surface area contributed by atoms with Gasteiger partial charge in [0.2, 0.25) is 0 Å². The first-order chi connectivity index (χ1) is 9.60. The van der Waals surface area contributed by atoms with Crippen molar-refractivity contribution in [2.24, 2.45) is 5.73 Å². The van der Waals surface area contributed by atoms with E-state index in [0.717, 1.165) is 16.7 Å². The zero-order valence-electron chi connectivity index (χ0n) is 11.0. The fourth-order valence-electron chi connectivity index (χ4n) is 2.03. The molecule has 0 aliphatic heterocycles. The maximum Gasteiger partial charge on any atom is 0.335 e. The van der Waals surface area contributed by atoms with Gasteiger partial charge in [-0.05, 0) is 35.2 Å². The van der Waals surface area contributed by atoms with Crippen LogP contribution in [0.25, 0.3) is 11.1 Å². The van der Waals surface area contributed by atoms with Crippen molar-refractivity contribution in [2.45, 2.75) is 12.5 Å². The number of carboxylic acid groups (broad SMARTS) is 1. The van der Waals surface area contributed by atoms with E-state index in [2.05, 4.69) is 0 Å². The van der Waals surface area contributed by atoms with Crippen molar-refractivity contribution in [3.63, 3.8) is 0 Å². The Hall–Kier alpha value is -2.17. The average Bonchev–Trinajstić information content (AvgIpc) is 2.48. The molecule has 0 saturated carbocycles. The number of carbonyl (C=O) groups is 1. The molecule has 0 amide bonds. The third kappa shape index (κ3) is 3.44. The van der Waals surface area contributed by atoms with Gasteiger partial charge in [-0.15, -0.1) is 0 Å². The molecule has 0 aliphatic carbocycles. The van der Waals surface area contributed by atoms with Gasteiger partial charge in [0.05, 0.1) is 12.2 Å². The first kappa shape index (κ1) is 14.2. The number of hydrogen-bond donors (Lipinski definition) is 3. The summed E-state index contributed by atoms with van der Waals surface area (Å²) in [5.41, 5.74) is 8.83. The molecule has 1 unspecified atom stereocenters. The number of aromatic carboxylic acids is 1. The molecule has 0 aliphatic rings. The van der Waals surface area contributed by atoms with Crippen LogP contribution in [0.5, 0.6) is 0 Å². The van der Waals surface area contributed by atoms with Crippen LogP contribution in [-0.2, 0) is 6.42 Å². The number of benzene rings is 2. The lowest BCUT2D eigenvalue weighted by atomic mass is 10.00. The highest BCUT2D eigenvalue weighted by molar-refractivity contribution is 5.89. The first-order valence-corrected chi connectivity index (χ1v) is 6.39. The van der Waals surface area contributed by atoms with Crippen LogP contribution in [0, 0.1) is 0 Å². The van der Waals surface area contributed by atoms with E-state index in [1.54, 1.807) is 18.2 Å². The third-order valence-electron chi connectivity index (χ3n) is 3.13. The molecule has 4 heteroatoms. The molecule has 0 bridgehead atoms. The molecule has 2 aromatic carbocycles. The number of aliphatic hydroxyl groups excluding tert-OH is 1. The number of aliphatic hydroxyl groups is 1. The van der Waals surface area contributed by atoms with Gasteiger partial charge in [-0.3, -0.25) is 0 Å². The summed E-state index contributed by atoms with van der Waals surface area (Å²) in [5.74, 6) is -0.933. The molecule has 20 heavy (non-hydrogen) atoms. The molecule has 0 saturated heterocycles. The summed E-state index contributed by atoms with van der Waals surface area (Å²) in [7, 11) is 0. The Balaban J connectivity index is 2.21. The van der Waals surface area contributed by atoms with E-state index in [0.29, 0.717) is 6.42 Å². The van der Waals surface area contributed by atoms with Gasteiger partial charge in [-0.2, -0.15) is 0 Å². The highest BCUT2D eigenvalue weighted by atomic mass is 16.4. The maximum atomic E-state index is 11.0. The topological polar surface area (TPSA) is 83.5 Å². The summed E-state index contributed by atoms with van der Waals surface area (Å²) in [6.45, 7) is -0.0393. The highest BCUT2D eigenvalue weighted by Gasteiger charge is 2.06. The second-order valence-corrected chi connectivity index (χ2v) is 4.73. The van der Waals surface area contributed by atoms with Gasteiger partial charge in [0.15, 0.2) is 0 Å². The monoisotopic (exact) mass is 271 g/mol. The predicted molar refractivity (Wildman–Crippen MR) is 77.6 cm³/mol. The summed E-state index contributed by atoms with van der Waals surface area (Å²) < 4.78 is 0. The summed E-state index contributed by atoms with van der Waals surface area (Å²) in [6.07, 6.45) is 0.617. The summed E-state index contributed by atoms with van der Waals surface area (Å²) >= 11 is 0. The SMILES string of the molecule is NC(CO)Cc1ccc(-c2cccc(C(=O)O)c2)cc1. The molecule has 2 aromatic rings. The number of hydrogen-bond acceptors (Lipinski definition) is 3. The van der Waals surface area contributed by atoms with Gasteiger partial charge in [-0.1, -0.05) is 36.4 Å². The summed E-state index contributed by atoms with van der Waals surface area (Å²) in [5, 5.41) is 17.9. The fourth-order valence-corrected chi connectivity index (χ4v) is 2.03. The largest absolute Gasteiger partial charge is 0.478 e. The minimum atomic E-state index is -0.933. The summed E-state index contributed by atoms with van der Waals surface area (Å²) in [6, 6.07) is 14.3. The van der Waals surface area contributed by atoms with Crippen molar-refractivity contribution in [1.29, 1.82) is 0 Å². The van der Waals surface area contributed by atoms with Crippen LogP contribution in [0.1, 0.15) is 15.9 Å². The van der Waals surface area contributed by atoms with Crippen LogP contribution < -0.4 is 5.73 Å². The van der Waals surface area contributed by atoms with Crippen LogP contribution in [0.4, 0.5) is 0 Å². The van der Waals surface area contributed by atoms with Crippen LogP contribution in [0.15, 0.2) is 48.5 Å². The number of nitrogens with two attached hydrogens (primary N) is 1. The first-order valence-electron chi connectivity index (χ1n) is 6.39. The van der Waals surface area contributed by atoms with E-state index in [4.69, 9.17) is 15.9 Å².